The molecule has 0 heterocycles. The van der Waals surface area contributed by atoms with E-state index in [1.807, 2.05) is 0 Å². The number of nitrogens with one attached hydrogen (secondary N) is 2. The summed E-state index contributed by atoms with van der Waals surface area (Å²) in [5, 5.41) is 5.27. The molecule has 6 heteroatoms. The third-order valence-electron chi connectivity index (χ3n) is 2.49. The number of carbonyl (C=O) groups is 2. The first-order chi connectivity index (χ1) is 8.81. The van der Waals surface area contributed by atoms with Gasteiger partial charge in [-0.15, -0.1) is 0 Å². The Morgan fingerprint density at radius 3 is 2.47 bits per heavy atom. The first kappa shape index (κ1) is 15.4. The number of rotatable bonds is 4. The number of hydrogen-bond acceptors (Lipinski definition) is 2. The van der Waals surface area contributed by atoms with E-state index in [-0.39, 0.29) is 17.5 Å². The Labute approximate surface area is 116 Å². The minimum atomic E-state index is -0.726. The molecule has 0 radical (unpaired) electrons. The molecular formula is C13H16ClFN2O2. The maximum atomic E-state index is 13.5. The number of benzene rings is 1. The van der Waals surface area contributed by atoms with Crippen molar-refractivity contribution in [3.05, 3.63) is 29.0 Å². The Kier molecular flexibility index (Phi) is 5.30. The van der Waals surface area contributed by atoms with Crippen LogP contribution in [0.4, 0.5) is 10.1 Å². The highest BCUT2D eigenvalue weighted by Crippen LogP contribution is 2.20. The molecule has 0 fully saturated rings. The number of anilines is 1. The Morgan fingerprint density at radius 2 is 1.95 bits per heavy atom. The Hall–Kier alpha value is -1.62. The molecule has 19 heavy (non-hydrogen) atoms. The second-order valence-corrected chi connectivity index (χ2v) is 4.97. The van der Waals surface area contributed by atoms with Gasteiger partial charge in [-0.3, -0.25) is 9.59 Å². The van der Waals surface area contributed by atoms with Crippen molar-refractivity contribution < 1.29 is 14.0 Å². The highest BCUT2D eigenvalue weighted by molar-refractivity contribution is 6.30. The minimum absolute atomic E-state index is 0.00602. The molecule has 2 N–H and O–H groups in total. The van der Waals surface area contributed by atoms with Crippen LogP contribution in [0.1, 0.15) is 20.8 Å². The fourth-order valence-corrected chi connectivity index (χ4v) is 1.73. The second-order valence-electron chi connectivity index (χ2n) is 4.54. The van der Waals surface area contributed by atoms with Crippen LogP contribution < -0.4 is 10.6 Å². The van der Waals surface area contributed by atoms with Crippen LogP contribution in [0.25, 0.3) is 0 Å². The Balaban J connectivity index is 2.87. The monoisotopic (exact) mass is 286 g/mol. The van der Waals surface area contributed by atoms with E-state index in [9.17, 15) is 14.0 Å². The van der Waals surface area contributed by atoms with Gasteiger partial charge in [0.25, 0.3) is 0 Å². The lowest BCUT2D eigenvalue weighted by molar-refractivity contribution is -0.126. The van der Waals surface area contributed by atoms with E-state index < -0.39 is 17.8 Å². The van der Waals surface area contributed by atoms with Crippen LogP contribution in [0.3, 0.4) is 0 Å². The zero-order valence-electron chi connectivity index (χ0n) is 11.0. The standard InChI is InChI=1S/C13H16ClFN2O2/c1-7(2)12(16-8(3)18)13(19)17-11-6-9(14)4-5-10(11)15/h4-7,12H,1-3H3,(H,16,18)(H,17,19). The Bertz CT molecular complexity index is 492. The van der Waals surface area contributed by atoms with Gasteiger partial charge in [0, 0.05) is 11.9 Å². The van der Waals surface area contributed by atoms with Crippen molar-refractivity contribution in [1.29, 1.82) is 0 Å². The predicted octanol–water partition coefficient (Wildman–Crippen LogP) is 2.58. The van der Waals surface area contributed by atoms with Gasteiger partial charge in [0.1, 0.15) is 11.9 Å². The maximum Gasteiger partial charge on any atom is 0.247 e. The summed E-state index contributed by atoms with van der Waals surface area (Å²) in [6, 6.07) is 3.15. The van der Waals surface area contributed by atoms with E-state index in [1.54, 1.807) is 13.8 Å². The van der Waals surface area contributed by atoms with Crippen molar-refractivity contribution in [1.82, 2.24) is 5.32 Å². The largest absolute Gasteiger partial charge is 0.344 e. The van der Waals surface area contributed by atoms with E-state index in [0.29, 0.717) is 5.02 Å². The molecule has 1 aromatic carbocycles. The van der Waals surface area contributed by atoms with Gasteiger partial charge in [0.2, 0.25) is 11.8 Å². The molecule has 0 bridgehead atoms. The fraction of sp³-hybridized carbons (Fsp3) is 0.385. The average Bonchev–Trinajstić information content (AvgIpc) is 2.30. The summed E-state index contributed by atoms with van der Waals surface area (Å²) in [6.45, 7) is 4.89. The number of hydrogen-bond donors (Lipinski definition) is 2. The first-order valence-electron chi connectivity index (χ1n) is 5.84. The van der Waals surface area contributed by atoms with Crippen molar-refractivity contribution in [2.24, 2.45) is 5.92 Å². The SMILES string of the molecule is CC(=O)NC(C(=O)Nc1cc(Cl)ccc1F)C(C)C. The summed E-state index contributed by atoms with van der Waals surface area (Å²) in [7, 11) is 0. The molecule has 0 saturated carbocycles. The van der Waals surface area contributed by atoms with Gasteiger partial charge in [-0.1, -0.05) is 25.4 Å². The van der Waals surface area contributed by atoms with Crippen molar-refractivity contribution in [2.45, 2.75) is 26.8 Å². The highest BCUT2D eigenvalue weighted by Gasteiger charge is 2.23. The third-order valence-corrected chi connectivity index (χ3v) is 2.73. The summed E-state index contributed by atoms with van der Waals surface area (Å²) in [6.07, 6.45) is 0. The quantitative estimate of drug-likeness (QED) is 0.894. The molecule has 1 aromatic rings. The van der Waals surface area contributed by atoms with Crippen LogP contribution in [-0.4, -0.2) is 17.9 Å². The van der Waals surface area contributed by atoms with E-state index in [1.165, 1.54) is 25.1 Å². The van der Waals surface area contributed by atoms with E-state index in [0.717, 1.165) is 0 Å². The molecule has 1 rings (SSSR count). The van der Waals surface area contributed by atoms with Gasteiger partial charge < -0.3 is 10.6 Å². The molecule has 1 atom stereocenters. The summed E-state index contributed by atoms with van der Waals surface area (Å²) < 4.78 is 13.5. The lowest BCUT2D eigenvalue weighted by Gasteiger charge is -2.21. The van der Waals surface area contributed by atoms with Crippen LogP contribution in [0.5, 0.6) is 0 Å². The van der Waals surface area contributed by atoms with E-state index in [2.05, 4.69) is 10.6 Å². The molecule has 0 spiro atoms. The van der Waals surface area contributed by atoms with Gasteiger partial charge >= 0.3 is 0 Å². The van der Waals surface area contributed by atoms with E-state index in [4.69, 9.17) is 11.6 Å². The van der Waals surface area contributed by atoms with Gasteiger partial charge in [-0.25, -0.2) is 4.39 Å². The fourth-order valence-electron chi connectivity index (χ4n) is 1.56. The topological polar surface area (TPSA) is 58.2 Å². The van der Waals surface area contributed by atoms with Crippen molar-refractivity contribution in [3.8, 4) is 0 Å². The van der Waals surface area contributed by atoms with Crippen LogP contribution >= 0.6 is 11.6 Å². The molecule has 1 unspecified atom stereocenters. The molecule has 0 aromatic heterocycles. The lowest BCUT2D eigenvalue weighted by Crippen LogP contribution is -2.46. The average molecular weight is 287 g/mol. The van der Waals surface area contributed by atoms with Gasteiger partial charge in [0.05, 0.1) is 5.69 Å². The van der Waals surface area contributed by atoms with Crippen LogP contribution in [0, 0.1) is 11.7 Å². The second kappa shape index (κ2) is 6.52. The van der Waals surface area contributed by atoms with Crippen LogP contribution in [0.2, 0.25) is 5.02 Å². The Morgan fingerprint density at radius 1 is 1.32 bits per heavy atom. The summed E-state index contributed by atoms with van der Waals surface area (Å²) in [5.74, 6) is -1.50. The van der Waals surface area contributed by atoms with Gasteiger partial charge in [-0.05, 0) is 24.1 Å². The highest BCUT2D eigenvalue weighted by atomic mass is 35.5. The molecule has 0 aliphatic rings. The summed E-state index contributed by atoms with van der Waals surface area (Å²) in [5.41, 5.74) is -0.00602. The normalized spacial score (nSPS) is 12.1. The molecule has 0 saturated heterocycles. The zero-order chi connectivity index (χ0) is 14.6. The van der Waals surface area contributed by atoms with Crippen LogP contribution in [-0.2, 0) is 9.59 Å². The van der Waals surface area contributed by atoms with Crippen molar-refractivity contribution in [2.75, 3.05) is 5.32 Å². The number of halogens is 2. The van der Waals surface area contributed by atoms with Gasteiger partial charge in [-0.2, -0.15) is 0 Å². The molecular weight excluding hydrogens is 271 g/mol. The lowest BCUT2D eigenvalue weighted by atomic mass is 10.0. The number of amides is 2. The minimum Gasteiger partial charge on any atom is -0.344 e. The van der Waals surface area contributed by atoms with Crippen LogP contribution in [0.15, 0.2) is 18.2 Å². The smallest absolute Gasteiger partial charge is 0.247 e. The zero-order valence-corrected chi connectivity index (χ0v) is 11.7. The predicted molar refractivity (Wildman–Crippen MR) is 72.5 cm³/mol. The van der Waals surface area contributed by atoms with Crippen molar-refractivity contribution in [3.63, 3.8) is 0 Å². The molecule has 104 valence electrons. The molecule has 4 nitrogen and oxygen atoms in total. The van der Waals surface area contributed by atoms with Crippen molar-refractivity contribution >= 4 is 29.1 Å². The molecule has 2 amide bonds. The molecule has 0 aliphatic carbocycles. The first-order valence-corrected chi connectivity index (χ1v) is 6.22. The molecule has 0 aliphatic heterocycles. The van der Waals surface area contributed by atoms with Gasteiger partial charge in [0.15, 0.2) is 0 Å². The number of carbonyl (C=O) groups excluding carboxylic acids is 2. The third kappa shape index (κ3) is 4.52. The summed E-state index contributed by atoms with van der Waals surface area (Å²) in [4.78, 5) is 23.1. The summed E-state index contributed by atoms with van der Waals surface area (Å²) >= 11 is 5.74. The maximum absolute atomic E-state index is 13.5. The van der Waals surface area contributed by atoms with E-state index >= 15 is 0 Å².